The van der Waals surface area contributed by atoms with Crippen molar-refractivity contribution in [1.82, 2.24) is 4.72 Å². The zero-order valence-electron chi connectivity index (χ0n) is 17.2. The first kappa shape index (κ1) is 23.1. The molecular formula is C21H21N3O7S. The van der Waals surface area contributed by atoms with Crippen molar-refractivity contribution in [3.05, 3.63) is 48.0 Å². The molecule has 0 fully saturated rings. The van der Waals surface area contributed by atoms with Gasteiger partial charge in [-0.3, -0.25) is 9.59 Å². The zero-order chi connectivity index (χ0) is 23.1. The fourth-order valence-electron chi connectivity index (χ4n) is 2.71. The van der Waals surface area contributed by atoms with Crippen molar-refractivity contribution in [2.75, 3.05) is 25.1 Å². The van der Waals surface area contributed by atoms with E-state index in [0.29, 0.717) is 42.4 Å². The average molecular weight is 459 g/mol. The number of carbonyl (C=O) groups is 2. The molecule has 2 N–H and O–H groups in total. The third kappa shape index (κ3) is 5.96. The third-order valence-corrected chi connectivity index (χ3v) is 5.79. The van der Waals surface area contributed by atoms with E-state index in [1.165, 1.54) is 49.4 Å². The summed E-state index contributed by atoms with van der Waals surface area (Å²) < 4.78 is 43.1. The van der Waals surface area contributed by atoms with Crippen LogP contribution in [0, 0.1) is 11.3 Å². The summed E-state index contributed by atoms with van der Waals surface area (Å²) >= 11 is 0. The summed E-state index contributed by atoms with van der Waals surface area (Å²) in [7, 11) is -4.03. The molecule has 0 aromatic heterocycles. The lowest BCUT2D eigenvalue weighted by atomic mass is 10.2. The van der Waals surface area contributed by atoms with Crippen LogP contribution in [-0.4, -0.2) is 46.2 Å². The number of hydrogen-bond donors (Lipinski definition) is 2. The molecule has 1 atom stereocenters. The molecule has 168 valence electrons. The van der Waals surface area contributed by atoms with Crippen LogP contribution in [0.5, 0.6) is 11.5 Å². The van der Waals surface area contributed by atoms with E-state index in [0.717, 1.165) is 0 Å². The van der Waals surface area contributed by atoms with E-state index in [4.69, 9.17) is 19.5 Å². The molecule has 1 amide bonds. The Morgan fingerprint density at radius 1 is 1.12 bits per heavy atom. The molecular weight excluding hydrogens is 438 g/mol. The smallest absolute Gasteiger partial charge is 0.321 e. The highest BCUT2D eigenvalue weighted by Gasteiger charge is 2.22. The second kappa shape index (κ2) is 10.1. The number of nitrogens with one attached hydrogen (secondary N) is 2. The molecule has 32 heavy (non-hydrogen) atoms. The molecule has 0 saturated heterocycles. The van der Waals surface area contributed by atoms with Gasteiger partial charge in [-0.05, 0) is 43.3 Å². The quantitative estimate of drug-likeness (QED) is 0.594. The van der Waals surface area contributed by atoms with Gasteiger partial charge in [0.05, 0.1) is 29.7 Å². The average Bonchev–Trinajstić information content (AvgIpc) is 3.03. The monoisotopic (exact) mass is 459 g/mol. The maximum absolute atomic E-state index is 12.5. The van der Waals surface area contributed by atoms with Gasteiger partial charge in [0.15, 0.2) is 17.6 Å². The maximum Gasteiger partial charge on any atom is 0.321 e. The Hall–Kier alpha value is -3.62. The van der Waals surface area contributed by atoms with Crippen molar-refractivity contribution in [2.24, 2.45) is 0 Å². The van der Waals surface area contributed by atoms with E-state index in [1.54, 1.807) is 0 Å². The Morgan fingerprint density at radius 3 is 2.50 bits per heavy atom. The lowest BCUT2D eigenvalue weighted by Crippen LogP contribution is -2.35. The Labute approximate surface area is 185 Å². The third-order valence-electron chi connectivity index (χ3n) is 4.39. The number of fused-ring (bicyclic) bond motifs is 1. The minimum atomic E-state index is -4.03. The molecule has 1 unspecified atom stereocenters. The first-order valence-corrected chi connectivity index (χ1v) is 11.2. The topological polar surface area (TPSA) is 144 Å². The largest absolute Gasteiger partial charge is 0.490 e. The van der Waals surface area contributed by atoms with Crippen LogP contribution in [-0.2, 0) is 24.3 Å². The number of hydrogen-bond acceptors (Lipinski definition) is 8. The Kier molecular flexibility index (Phi) is 7.29. The minimum Gasteiger partial charge on any atom is -0.490 e. The predicted molar refractivity (Wildman–Crippen MR) is 113 cm³/mol. The molecule has 0 bridgehead atoms. The van der Waals surface area contributed by atoms with Crippen LogP contribution in [0.2, 0.25) is 0 Å². The highest BCUT2D eigenvalue weighted by Crippen LogP contribution is 2.31. The van der Waals surface area contributed by atoms with Gasteiger partial charge in [0.2, 0.25) is 10.0 Å². The first-order valence-electron chi connectivity index (χ1n) is 9.68. The Bertz CT molecular complexity index is 1140. The predicted octanol–water partition coefficient (Wildman–Crippen LogP) is 1.57. The van der Waals surface area contributed by atoms with Crippen molar-refractivity contribution < 1.29 is 32.2 Å². The van der Waals surface area contributed by atoms with Crippen LogP contribution in [0.1, 0.15) is 18.9 Å². The molecule has 2 aromatic rings. The standard InChI is InChI=1S/C21H21N3O7S/c1-14(21(26)24-16-5-3-15(12-22)4-6-16)31-20(25)13-23-32(27,28)17-7-8-18-19(11-17)30-10-2-9-29-18/h3-8,11,14,23H,2,9-10,13H2,1H3,(H,24,26). The Morgan fingerprint density at radius 2 is 1.81 bits per heavy atom. The van der Waals surface area contributed by atoms with Crippen LogP contribution in [0.15, 0.2) is 47.4 Å². The van der Waals surface area contributed by atoms with Gasteiger partial charge in [-0.15, -0.1) is 0 Å². The summed E-state index contributed by atoms with van der Waals surface area (Å²) in [6, 6.07) is 12.2. The molecule has 1 aliphatic rings. The summed E-state index contributed by atoms with van der Waals surface area (Å²) in [6.07, 6.45) is -0.488. The van der Waals surface area contributed by atoms with Gasteiger partial charge in [-0.2, -0.15) is 9.98 Å². The SMILES string of the molecule is CC(OC(=O)CNS(=O)(=O)c1ccc2c(c1)OCCCO2)C(=O)Nc1ccc(C#N)cc1. The number of benzene rings is 2. The number of nitriles is 1. The van der Waals surface area contributed by atoms with E-state index in [1.807, 2.05) is 6.07 Å². The highest BCUT2D eigenvalue weighted by molar-refractivity contribution is 7.89. The number of carbonyl (C=O) groups excluding carboxylic acids is 2. The van der Waals surface area contributed by atoms with Crippen LogP contribution in [0.3, 0.4) is 0 Å². The molecule has 2 aromatic carbocycles. The number of sulfonamides is 1. The molecule has 11 heteroatoms. The molecule has 10 nitrogen and oxygen atoms in total. The fourth-order valence-corrected chi connectivity index (χ4v) is 3.70. The van der Waals surface area contributed by atoms with E-state index < -0.39 is 34.5 Å². The van der Waals surface area contributed by atoms with Crippen LogP contribution < -0.4 is 19.5 Å². The van der Waals surface area contributed by atoms with E-state index in [2.05, 4.69) is 10.0 Å². The van der Waals surface area contributed by atoms with Gasteiger partial charge in [0.25, 0.3) is 5.91 Å². The number of esters is 1. The first-order chi connectivity index (χ1) is 15.3. The lowest BCUT2D eigenvalue weighted by Gasteiger charge is -2.14. The van der Waals surface area contributed by atoms with Gasteiger partial charge in [0, 0.05) is 18.2 Å². The maximum atomic E-state index is 12.5. The van der Waals surface area contributed by atoms with Crippen molar-refractivity contribution in [3.8, 4) is 17.6 Å². The summed E-state index contributed by atoms with van der Waals surface area (Å²) in [4.78, 5) is 24.1. The van der Waals surface area contributed by atoms with Crippen LogP contribution in [0.25, 0.3) is 0 Å². The van der Waals surface area contributed by atoms with Crippen molar-refractivity contribution in [3.63, 3.8) is 0 Å². The number of nitrogens with zero attached hydrogens (tertiary/aromatic N) is 1. The molecule has 0 saturated carbocycles. The molecule has 0 spiro atoms. The van der Waals surface area contributed by atoms with Crippen molar-refractivity contribution in [2.45, 2.75) is 24.3 Å². The lowest BCUT2D eigenvalue weighted by molar-refractivity contribution is -0.151. The number of rotatable bonds is 7. The number of anilines is 1. The van der Waals surface area contributed by atoms with Crippen LogP contribution >= 0.6 is 0 Å². The Balaban J connectivity index is 1.53. The van der Waals surface area contributed by atoms with E-state index >= 15 is 0 Å². The molecule has 1 aliphatic heterocycles. The van der Waals surface area contributed by atoms with Gasteiger partial charge in [-0.1, -0.05) is 0 Å². The highest BCUT2D eigenvalue weighted by atomic mass is 32.2. The minimum absolute atomic E-state index is 0.0962. The van der Waals surface area contributed by atoms with E-state index in [9.17, 15) is 18.0 Å². The normalized spacial score (nSPS) is 13.9. The molecule has 3 rings (SSSR count). The summed E-state index contributed by atoms with van der Waals surface area (Å²) in [6.45, 7) is 1.57. The van der Waals surface area contributed by atoms with Crippen molar-refractivity contribution in [1.29, 1.82) is 5.26 Å². The second-order valence-corrected chi connectivity index (χ2v) is 8.56. The number of ether oxygens (including phenoxy) is 3. The van der Waals surface area contributed by atoms with Gasteiger partial charge in [-0.25, -0.2) is 8.42 Å². The van der Waals surface area contributed by atoms with Gasteiger partial charge in [0.1, 0.15) is 6.54 Å². The summed E-state index contributed by atoms with van der Waals surface area (Å²) in [5, 5.41) is 11.3. The number of amides is 1. The molecule has 0 aliphatic carbocycles. The molecule has 1 heterocycles. The fraction of sp³-hybridized carbons (Fsp3) is 0.286. The molecule has 0 radical (unpaired) electrons. The zero-order valence-corrected chi connectivity index (χ0v) is 18.0. The second-order valence-electron chi connectivity index (χ2n) is 6.79. The van der Waals surface area contributed by atoms with Crippen molar-refractivity contribution >= 4 is 27.6 Å². The summed E-state index contributed by atoms with van der Waals surface area (Å²) in [5.74, 6) is -0.775. The summed E-state index contributed by atoms with van der Waals surface area (Å²) in [5.41, 5.74) is 0.857. The van der Waals surface area contributed by atoms with Gasteiger partial charge < -0.3 is 19.5 Å². The van der Waals surface area contributed by atoms with Crippen LogP contribution in [0.4, 0.5) is 5.69 Å². The van der Waals surface area contributed by atoms with Gasteiger partial charge >= 0.3 is 5.97 Å². The van der Waals surface area contributed by atoms with E-state index in [-0.39, 0.29) is 4.90 Å².